The van der Waals surface area contributed by atoms with Crippen LogP contribution in [0, 0.1) is 10.1 Å². The van der Waals surface area contributed by atoms with E-state index in [0.717, 1.165) is 11.3 Å². The summed E-state index contributed by atoms with van der Waals surface area (Å²) < 4.78 is 12.3. The van der Waals surface area contributed by atoms with E-state index in [2.05, 4.69) is 10.4 Å². The third kappa shape index (κ3) is 5.47. The molecule has 0 saturated carbocycles. The number of nitrogens with one attached hydrogen (secondary N) is 1. The van der Waals surface area contributed by atoms with E-state index < -0.39 is 4.92 Å². The molecule has 0 aliphatic rings. The Bertz CT molecular complexity index is 1330. The van der Waals surface area contributed by atoms with E-state index in [1.165, 1.54) is 12.1 Å². The molecular weight excluding hydrogens is 448 g/mol. The molecule has 0 radical (unpaired) electrons. The largest absolute Gasteiger partial charge is 0.497 e. The van der Waals surface area contributed by atoms with Gasteiger partial charge in [0.2, 0.25) is 5.91 Å². The summed E-state index contributed by atoms with van der Waals surface area (Å²) >= 11 is 0. The average Bonchev–Trinajstić information content (AvgIpc) is 3.31. The van der Waals surface area contributed by atoms with Crippen LogP contribution in [-0.2, 0) is 17.8 Å². The lowest BCUT2D eigenvalue weighted by molar-refractivity contribution is -0.384. The first-order chi connectivity index (χ1) is 17.0. The molecule has 0 spiro atoms. The van der Waals surface area contributed by atoms with Gasteiger partial charge < -0.3 is 14.8 Å². The van der Waals surface area contributed by atoms with Crippen molar-refractivity contribution >= 4 is 11.6 Å². The number of hydrogen-bond acceptors (Lipinski definition) is 6. The first-order valence-corrected chi connectivity index (χ1v) is 10.8. The molecule has 1 amide bonds. The van der Waals surface area contributed by atoms with Crippen LogP contribution in [0.2, 0.25) is 0 Å². The van der Waals surface area contributed by atoms with E-state index >= 15 is 0 Å². The fourth-order valence-electron chi connectivity index (χ4n) is 3.69. The molecule has 4 aromatic rings. The normalized spacial score (nSPS) is 10.6. The molecule has 9 nitrogen and oxygen atoms in total. The highest BCUT2D eigenvalue weighted by molar-refractivity contribution is 5.81. The molecule has 1 heterocycles. The van der Waals surface area contributed by atoms with Crippen molar-refractivity contribution in [3.05, 3.63) is 100 Å². The molecule has 0 atom stereocenters. The standard InChI is InChI=1S/C26H24N4O5/c1-34-23-12-13-24(35-2)19(14-23)16-27-25(31)15-20-17-29(21-6-4-3-5-7-21)28-26(20)18-8-10-22(11-9-18)30(32)33/h3-14,17H,15-16H2,1-2H3,(H,27,31). The van der Waals surface area contributed by atoms with Crippen LogP contribution < -0.4 is 14.8 Å². The quantitative estimate of drug-likeness (QED) is 0.287. The van der Waals surface area contributed by atoms with Crippen LogP contribution in [0.1, 0.15) is 11.1 Å². The summed E-state index contributed by atoms with van der Waals surface area (Å²) in [5.74, 6) is 1.11. The van der Waals surface area contributed by atoms with Gasteiger partial charge in [-0.1, -0.05) is 18.2 Å². The number of methoxy groups -OCH3 is 2. The molecule has 178 valence electrons. The fraction of sp³-hybridized carbons (Fsp3) is 0.154. The number of non-ortho nitro benzene ring substituents is 1. The molecule has 4 rings (SSSR count). The van der Waals surface area contributed by atoms with E-state index in [0.29, 0.717) is 28.3 Å². The number of rotatable bonds is 9. The minimum atomic E-state index is -0.451. The molecule has 1 N–H and O–H groups in total. The van der Waals surface area contributed by atoms with Crippen LogP contribution in [0.5, 0.6) is 11.5 Å². The summed E-state index contributed by atoms with van der Waals surface area (Å²) in [6, 6.07) is 21.0. The van der Waals surface area contributed by atoms with Gasteiger partial charge in [-0.15, -0.1) is 0 Å². The Morgan fingerprint density at radius 2 is 1.74 bits per heavy atom. The summed E-state index contributed by atoms with van der Waals surface area (Å²) in [6.07, 6.45) is 1.88. The number of nitrogens with zero attached hydrogens (tertiary/aromatic N) is 3. The highest BCUT2D eigenvalue weighted by atomic mass is 16.6. The zero-order valence-electron chi connectivity index (χ0n) is 19.3. The van der Waals surface area contributed by atoms with Gasteiger partial charge in [-0.2, -0.15) is 5.10 Å². The molecule has 0 fully saturated rings. The van der Waals surface area contributed by atoms with E-state index in [9.17, 15) is 14.9 Å². The minimum Gasteiger partial charge on any atom is -0.497 e. The van der Waals surface area contributed by atoms with Gasteiger partial charge >= 0.3 is 0 Å². The van der Waals surface area contributed by atoms with Crippen LogP contribution in [0.15, 0.2) is 79.0 Å². The summed E-state index contributed by atoms with van der Waals surface area (Å²) in [6.45, 7) is 0.263. The third-order valence-corrected chi connectivity index (χ3v) is 5.48. The Morgan fingerprint density at radius 3 is 2.40 bits per heavy atom. The van der Waals surface area contributed by atoms with Crippen molar-refractivity contribution in [2.24, 2.45) is 0 Å². The molecular formula is C26H24N4O5. The number of carbonyl (C=O) groups excluding carboxylic acids is 1. The minimum absolute atomic E-state index is 0.0113. The third-order valence-electron chi connectivity index (χ3n) is 5.48. The van der Waals surface area contributed by atoms with Crippen LogP contribution in [0.4, 0.5) is 5.69 Å². The van der Waals surface area contributed by atoms with Crippen molar-refractivity contribution in [3.8, 4) is 28.4 Å². The van der Waals surface area contributed by atoms with Crippen molar-refractivity contribution in [3.63, 3.8) is 0 Å². The number of hydrogen-bond donors (Lipinski definition) is 1. The summed E-state index contributed by atoms with van der Waals surface area (Å²) in [4.78, 5) is 23.5. The van der Waals surface area contributed by atoms with Crippen molar-refractivity contribution in [2.45, 2.75) is 13.0 Å². The Morgan fingerprint density at radius 1 is 1.00 bits per heavy atom. The van der Waals surface area contributed by atoms with Crippen LogP contribution in [-0.4, -0.2) is 34.8 Å². The number of nitro benzene ring substituents is 1. The lowest BCUT2D eigenvalue weighted by Gasteiger charge is -2.11. The highest BCUT2D eigenvalue weighted by Crippen LogP contribution is 2.27. The molecule has 0 aliphatic heterocycles. The molecule has 0 aliphatic carbocycles. The number of nitro groups is 1. The monoisotopic (exact) mass is 472 g/mol. The molecule has 0 unspecified atom stereocenters. The van der Waals surface area contributed by atoms with Crippen molar-refractivity contribution in [1.29, 1.82) is 0 Å². The molecule has 1 aromatic heterocycles. The second-order valence-corrected chi connectivity index (χ2v) is 7.72. The Kier molecular flexibility index (Phi) is 7.06. The molecule has 3 aromatic carbocycles. The van der Waals surface area contributed by atoms with Gasteiger partial charge in [0, 0.05) is 41.6 Å². The van der Waals surface area contributed by atoms with Crippen LogP contribution >= 0.6 is 0 Å². The van der Waals surface area contributed by atoms with Gasteiger partial charge in [0.15, 0.2) is 0 Å². The second kappa shape index (κ2) is 10.5. The number of para-hydroxylation sites is 1. The van der Waals surface area contributed by atoms with Crippen LogP contribution in [0.3, 0.4) is 0 Å². The Labute approximate surface area is 202 Å². The number of benzene rings is 3. The maximum atomic E-state index is 12.9. The second-order valence-electron chi connectivity index (χ2n) is 7.72. The number of aromatic nitrogens is 2. The van der Waals surface area contributed by atoms with Crippen molar-refractivity contribution in [1.82, 2.24) is 15.1 Å². The molecule has 0 saturated heterocycles. The van der Waals surface area contributed by atoms with Gasteiger partial charge in [-0.05, 0) is 42.5 Å². The molecule has 0 bridgehead atoms. The van der Waals surface area contributed by atoms with E-state index in [1.54, 1.807) is 49.4 Å². The first kappa shape index (κ1) is 23.5. The average molecular weight is 473 g/mol. The molecule has 35 heavy (non-hydrogen) atoms. The fourth-order valence-corrected chi connectivity index (χ4v) is 3.69. The smallest absolute Gasteiger partial charge is 0.269 e. The number of carbonyl (C=O) groups is 1. The number of amides is 1. The van der Waals surface area contributed by atoms with Gasteiger partial charge in [-0.3, -0.25) is 14.9 Å². The van der Waals surface area contributed by atoms with E-state index in [-0.39, 0.29) is 24.6 Å². The maximum Gasteiger partial charge on any atom is 0.269 e. The van der Waals surface area contributed by atoms with E-state index in [1.807, 2.05) is 36.4 Å². The predicted octanol–water partition coefficient (Wildman–Crippen LogP) is 4.32. The summed E-state index contributed by atoms with van der Waals surface area (Å²) in [5, 5.41) is 18.6. The zero-order valence-corrected chi connectivity index (χ0v) is 19.3. The summed E-state index contributed by atoms with van der Waals surface area (Å²) in [7, 11) is 3.15. The zero-order chi connectivity index (χ0) is 24.8. The lowest BCUT2D eigenvalue weighted by Crippen LogP contribution is -2.24. The predicted molar refractivity (Wildman–Crippen MR) is 131 cm³/mol. The van der Waals surface area contributed by atoms with E-state index in [4.69, 9.17) is 9.47 Å². The first-order valence-electron chi connectivity index (χ1n) is 10.8. The summed E-state index contributed by atoms with van der Waals surface area (Å²) in [5.41, 5.74) is 3.57. The number of ether oxygens (including phenoxy) is 2. The van der Waals surface area contributed by atoms with Crippen molar-refractivity contribution in [2.75, 3.05) is 14.2 Å². The Balaban J connectivity index is 1.59. The van der Waals surface area contributed by atoms with Crippen LogP contribution in [0.25, 0.3) is 16.9 Å². The van der Waals surface area contributed by atoms with Crippen molar-refractivity contribution < 1.29 is 19.2 Å². The van der Waals surface area contributed by atoms with Gasteiger partial charge in [-0.25, -0.2) is 4.68 Å². The van der Waals surface area contributed by atoms with Gasteiger partial charge in [0.05, 0.1) is 36.9 Å². The van der Waals surface area contributed by atoms with Gasteiger partial charge in [0.25, 0.3) is 5.69 Å². The highest BCUT2D eigenvalue weighted by Gasteiger charge is 2.17. The SMILES string of the molecule is COc1ccc(OC)c(CNC(=O)Cc2cn(-c3ccccc3)nc2-c2ccc([N+](=O)[O-])cc2)c1. The maximum absolute atomic E-state index is 12.9. The molecule has 9 heteroatoms. The van der Waals surface area contributed by atoms with Gasteiger partial charge in [0.1, 0.15) is 11.5 Å². The Hall–Kier alpha value is -4.66. The topological polar surface area (TPSA) is 109 Å². The lowest BCUT2D eigenvalue weighted by atomic mass is 10.1.